The Kier molecular flexibility index (Phi) is 7.75. The number of aromatic nitrogens is 2. The van der Waals surface area contributed by atoms with Gasteiger partial charge >= 0.3 is 0 Å². The van der Waals surface area contributed by atoms with E-state index in [1.54, 1.807) is 0 Å². The molecule has 2 heterocycles. The fourth-order valence-electron chi connectivity index (χ4n) is 4.39. The normalized spacial score (nSPS) is 12.2. The summed E-state index contributed by atoms with van der Waals surface area (Å²) in [6, 6.07) is 27.7. The monoisotopic (exact) mass is 511 g/mol. The lowest BCUT2D eigenvalue weighted by Crippen LogP contribution is -2.36. The molecule has 5 aromatic rings. The maximum atomic E-state index is 13.1. The van der Waals surface area contributed by atoms with Gasteiger partial charge in [0.2, 0.25) is 0 Å². The number of para-hydroxylation sites is 1. The number of thiophene rings is 1. The summed E-state index contributed by atoms with van der Waals surface area (Å²) in [6.45, 7) is 3.51. The number of ether oxygens (including phenoxy) is 1. The van der Waals surface area contributed by atoms with Gasteiger partial charge in [0.15, 0.2) is 0 Å². The van der Waals surface area contributed by atoms with Crippen LogP contribution in [0.25, 0.3) is 21.3 Å². The quantitative estimate of drug-likeness (QED) is 0.262. The molecule has 2 N–H and O–H groups in total. The van der Waals surface area contributed by atoms with E-state index >= 15 is 0 Å². The van der Waals surface area contributed by atoms with Crippen LogP contribution in [0.5, 0.6) is 5.75 Å². The maximum Gasteiger partial charge on any atom is 0.260 e. The third-order valence-electron chi connectivity index (χ3n) is 6.19. The molecule has 5 rings (SSSR count). The van der Waals surface area contributed by atoms with Crippen molar-refractivity contribution in [1.29, 1.82) is 0 Å². The molecule has 7 heteroatoms. The first-order chi connectivity index (χ1) is 18.1. The highest BCUT2D eigenvalue weighted by molar-refractivity contribution is 7.17. The van der Waals surface area contributed by atoms with E-state index in [0.29, 0.717) is 35.7 Å². The molecule has 2 aromatic heterocycles. The number of fused-ring (bicyclic) bond motifs is 1. The number of H-pyrrole nitrogens is 1. The summed E-state index contributed by atoms with van der Waals surface area (Å²) >= 11 is 1.47. The van der Waals surface area contributed by atoms with Crippen molar-refractivity contribution in [2.75, 3.05) is 13.2 Å². The highest BCUT2D eigenvalue weighted by atomic mass is 32.1. The molecule has 188 valence electrons. The van der Waals surface area contributed by atoms with Crippen LogP contribution >= 0.6 is 11.3 Å². The third kappa shape index (κ3) is 6.14. The van der Waals surface area contributed by atoms with E-state index in [2.05, 4.69) is 9.88 Å². The van der Waals surface area contributed by atoms with Crippen LogP contribution in [0, 0.1) is 6.92 Å². The number of aliphatic hydroxyl groups excluding tert-OH is 1. The van der Waals surface area contributed by atoms with Crippen molar-refractivity contribution in [3.05, 3.63) is 118 Å². The van der Waals surface area contributed by atoms with E-state index in [-0.39, 0.29) is 12.2 Å². The third-order valence-corrected chi connectivity index (χ3v) is 7.07. The van der Waals surface area contributed by atoms with Crippen LogP contribution in [0.15, 0.2) is 95.1 Å². The van der Waals surface area contributed by atoms with Gasteiger partial charge in [0.1, 0.15) is 29.1 Å². The molecule has 0 bridgehead atoms. The Morgan fingerprint density at radius 2 is 1.68 bits per heavy atom. The van der Waals surface area contributed by atoms with Gasteiger partial charge in [-0.1, -0.05) is 78.9 Å². The van der Waals surface area contributed by atoms with Gasteiger partial charge in [-0.25, -0.2) is 4.98 Å². The van der Waals surface area contributed by atoms with Gasteiger partial charge in [-0.05, 0) is 29.7 Å². The van der Waals surface area contributed by atoms with Gasteiger partial charge in [0.25, 0.3) is 5.56 Å². The molecule has 1 atom stereocenters. The van der Waals surface area contributed by atoms with Gasteiger partial charge < -0.3 is 14.8 Å². The molecule has 0 radical (unpaired) electrons. The van der Waals surface area contributed by atoms with Gasteiger partial charge in [0.05, 0.1) is 11.9 Å². The topological polar surface area (TPSA) is 78.5 Å². The lowest BCUT2D eigenvalue weighted by Gasteiger charge is -2.25. The second-order valence-corrected chi connectivity index (χ2v) is 9.95. The van der Waals surface area contributed by atoms with E-state index in [1.165, 1.54) is 11.3 Å². The lowest BCUT2D eigenvalue weighted by molar-refractivity contribution is 0.0617. The number of benzene rings is 3. The molecular weight excluding hydrogens is 482 g/mol. The summed E-state index contributed by atoms with van der Waals surface area (Å²) < 4.78 is 5.87. The van der Waals surface area contributed by atoms with Crippen molar-refractivity contribution < 1.29 is 9.84 Å². The Labute approximate surface area is 219 Å². The number of hydrogen-bond donors (Lipinski definition) is 2. The number of rotatable bonds is 10. The first kappa shape index (κ1) is 24.9. The van der Waals surface area contributed by atoms with E-state index in [0.717, 1.165) is 28.0 Å². The molecular formula is C30H29N3O3S. The number of aromatic amines is 1. The zero-order valence-electron chi connectivity index (χ0n) is 20.6. The summed E-state index contributed by atoms with van der Waals surface area (Å²) in [6.07, 6.45) is -0.717. The molecule has 0 aliphatic carbocycles. The fourth-order valence-corrected chi connectivity index (χ4v) is 5.36. The minimum atomic E-state index is -0.717. The number of aryl methyl sites for hydroxylation is 1. The second-order valence-electron chi connectivity index (χ2n) is 9.09. The average Bonchev–Trinajstić information content (AvgIpc) is 3.34. The molecule has 3 aromatic carbocycles. The minimum Gasteiger partial charge on any atom is -0.491 e. The number of aliphatic hydroxyl groups is 1. The zero-order chi connectivity index (χ0) is 25.6. The summed E-state index contributed by atoms with van der Waals surface area (Å²) in [5.41, 5.74) is 3.88. The van der Waals surface area contributed by atoms with Gasteiger partial charge in [-0.3, -0.25) is 9.69 Å². The van der Waals surface area contributed by atoms with Gasteiger partial charge in [0, 0.05) is 24.0 Å². The van der Waals surface area contributed by atoms with Gasteiger partial charge in [-0.15, -0.1) is 11.3 Å². The van der Waals surface area contributed by atoms with Crippen LogP contribution in [0.4, 0.5) is 0 Å². The van der Waals surface area contributed by atoms with Crippen LogP contribution in [0.3, 0.4) is 0 Å². The number of nitrogens with one attached hydrogen (secondary N) is 1. The minimum absolute atomic E-state index is 0.150. The van der Waals surface area contributed by atoms with Gasteiger partial charge in [-0.2, -0.15) is 0 Å². The van der Waals surface area contributed by atoms with E-state index < -0.39 is 6.10 Å². The van der Waals surface area contributed by atoms with Crippen molar-refractivity contribution >= 4 is 21.6 Å². The molecule has 0 aliphatic heterocycles. The van der Waals surface area contributed by atoms with Crippen molar-refractivity contribution in [2.24, 2.45) is 0 Å². The highest BCUT2D eigenvalue weighted by Crippen LogP contribution is 2.30. The van der Waals surface area contributed by atoms with Crippen LogP contribution in [0.2, 0.25) is 0 Å². The molecule has 1 unspecified atom stereocenters. The predicted molar refractivity (Wildman–Crippen MR) is 149 cm³/mol. The molecule has 0 fully saturated rings. The summed E-state index contributed by atoms with van der Waals surface area (Å²) in [5.74, 6) is 1.33. The number of hydrogen-bond acceptors (Lipinski definition) is 6. The second kappa shape index (κ2) is 11.5. The van der Waals surface area contributed by atoms with Crippen molar-refractivity contribution in [2.45, 2.75) is 26.1 Å². The van der Waals surface area contributed by atoms with E-state index in [9.17, 15) is 9.90 Å². The van der Waals surface area contributed by atoms with E-state index in [4.69, 9.17) is 9.72 Å². The van der Waals surface area contributed by atoms with Crippen molar-refractivity contribution in [3.63, 3.8) is 0 Å². The molecule has 0 amide bonds. The molecule has 0 saturated carbocycles. The molecule has 0 saturated heterocycles. The SMILES string of the molecule is Cc1ccccc1OCC(O)CN(Cc1ccccc1)Cc1nc2scc(-c3ccccc3)c2c(=O)[nH]1. The molecule has 6 nitrogen and oxygen atoms in total. The highest BCUT2D eigenvalue weighted by Gasteiger charge is 2.18. The number of nitrogens with zero attached hydrogens (tertiary/aromatic N) is 2. The summed E-state index contributed by atoms with van der Waals surface area (Å²) in [4.78, 5) is 23.7. The first-order valence-corrected chi connectivity index (χ1v) is 13.1. The fraction of sp³-hybridized carbons (Fsp3) is 0.200. The average molecular weight is 512 g/mol. The Morgan fingerprint density at radius 1 is 0.973 bits per heavy atom. The Hall–Kier alpha value is -3.78. The van der Waals surface area contributed by atoms with E-state index in [1.807, 2.05) is 97.2 Å². The first-order valence-electron chi connectivity index (χ1n) is 12.3. The standard InChI is InChI=1S/C30H29N3O3S/c1-21-10-8-9-15-26(21)36-19-24(34)17-33(16-22-11-4-2-5-12-22)18-27-31-29(35)28-25(20-37-30(28)32-27)23-13-6-3-7-14-23/h2-15,20,24,34H,16-19H2,1H3,(H,31,32,35). The van der Waals surface area contributed by atoms with Crippen molar-refractivity contribution in [1.82, 2.24) is 14.9 Å². The molecule has 0 spiro atoms. The Balaban J connectivity index is 1.35. The van der Waals surface area contributed by atoms with Crippen LogP contribution in [-0.4, -0.2) is 39.2 Å². The Bertz CT molecular complexity index is 1520. The lowest BCUT2D eigenvalue weighted by atomic mass is 10.1. The molecule has 0 aliphatic rings. The zero-order valence-corrected chi connectivity index (χ0v) is 21.4. The predicted octanol–water partition coefficient (Wildman–Crippen LogP) is 5.40. The summed E-state index contributed by atoms with van der Waals surface area (Å²) in [5, 5.41) is 13.4. The maximum absolute atomic E-state index is 13.1. The van der Waals surface area contributed by atoms with Crippen LogP contribution in [0.1, 0.15) is 17.0 Å². The van der Waals surface area contributed by atoms with Crippen LogP contribution < -0.4 is 10.3 Å². The Morgan fingerprint density at radius 3 is 2.43 bits per heavy atom. The van der Waals surface area contributed by atoms with Crippen LogP contribution in [-0.2, 0) is 13.1 Å². The summed E-state index contributed by atoms with van der Waals surface area (Å²) in [7, 11) is 0. The molecule has 37 heavy (non-hydrogen) atoms. The smallest absolute Gasteiger partial charge is 0.260 e. The van der Waals surface area contributed by atoms with Crippen molar-refractivity contribution in [3.8, 4) is 16.9 Å². The largest absolute Gasteiger partial charge is 0.491 e.